The van der Waals surface area contributed by atoms with E-state index in [2.05, 4.69) is 0 Å². The van der Waals surface area contributed by atoms with E-state index in [4.69, 9.17) is 29.4 Å². The molecule has 0 heterocycles. The molecule has 0 spiro atoms. The van der Waals surface area contributed by atoms with Gasteiger partial charge in [0.05, 0.1) is 39.6 Å². The summed E-state index contributed by atoms with van der Waals surface area (Å²) in [6, 6.07) is 0. The molecule has 0 aromatic rings. The Balaban J connectivity index is 3.62. The van der Waals surface area contributed by atoms with Gasteiger partial charge in [-0.2, -0.15) is 0 Å². The SMILES string of the molecule is COCCOCC(COCCCN)OCCOC. The highest BCUT2D eigenvalue weighted by Crippen LogP contribution is 1.97. The van der Waals surface area contributed by atoms with Gasteiger partial charge >= 0.3 is 0 Å². The quantitative estimate of drug-likeness (QED) is 0.447. The van der Waals surface area contributed by atoms with Crippen LogP contribution in [-0.2, 0) is 23.7 Å². The zero-order valence-corrected chi connectivity index (χ0v) is 11.6. The Morgan fingerprint density at radius 3 is 2.06 bits per heavy atom. The van der Waals surface area contributed by atoms with Crippen LogP contribution in [0.5, 0.6) is 0 Å². The molecule has 0 aromatic heterocycles. The van der Waals surface area contributed by atoms with E-state index in [1.54, 1.807) is 14.2 Å². The highest BCUT2D eigenvalue weighted by Gasteiger charge is 2.09. The molecule has 18 heavy (non-hydrogen) atoms. The van der Waals surface area contributed by atoms with Crippen LogP contribution in [0, 0.1) is 0 Å². The number of rotatable bonds is 14. The summed E-state index contributed by atoms with van der Waals surface area (Å²) in [6.07, 6.45) is 0.782. The monoisotopic (exact) mass is 265 g/mol. The molecule has 0 fully saturated rings. The van der Waals surface area contributed by atoms with Gasteiger partial charge < -0.3 is 29.4 Å². The van der Waals surface area contributed by atoms with Gasteiger partial charge in [0.2, 0.25) is 0 Å². The third-order valence-electron chi connectivity index (χ3n) is 2.17. The third kappa shape index (κ3) is 12.2. The highest BCUT2D eigenvalue weighted by molar-refractivity contribution is 4.56. The van der Waals surface area contributed by atoms with Crippen LogP contribution in [0.3, 0.4) is 0 Å². The predicted octanol–water partition coefficient (Wildman–Crippen LogP) is 0.0464. The zero-order chi connectivity index (χ0) is 13.5. The summed E-state index contributed by atoms with van der Waals surface area (Å²) in [4.78, 5) is 0. The molecule has 6 heteroatoms. The molecule has 1 atom stereocenters. The Morgan fingerprint density at radius 1 is 0.833 bits per heavy atom. The summed E-state index contributed by atoms with van der Waals surface area (Å²) in [7, 11) is 3.29. The topological polar surface area (TPSA) is 72.2 Å². The van der Waals surface area contributed by atoms with Gasteiger partial charge in [-0.15, -0.1) is 0 Å². The van der Waals surface area contributed by atoms with Crippen molar-refractivity contribution in [1.82, 2.24) is 0 Å². The molecule has 110 valence electrons. The molecular formula is C12H27NO5. The first kappa shape index (κ1) is 17.8. The summed E-state index contributed by atoms with van der Waals surface area (Å²) in [5.41, 5.74) is 5.39. The van der Waals surface area contributed by atoms with E-state index in [9.17, 15) is 0 Å². The lowest BCUT2D eigenvalue weighted by atomic mass is 10.4. The van der Waals surface area contributed by atoms with Crippen LogP contribution in [-0.4, -0.2) is 73.1 Å². The van der Waals surface area contributed by atoms with Gasteiger partial charge in [-0.3, -0.25) is 0 Å². The molecule has 0 radical (unpaired) electrons. The zero-order valence-electron chi connectivity index (χ0n) is 11.6. The fourth-order valence-corrected chi connectivity index (χ4v) is 1.20. The highest BCUT2D eigenvalue weighted by atomic mass is 16.6. The van der Waals surface area contributed by atoms with E-state index in [1.807, 2.05) is 0 Å². The van der Waals surface area contributed by atoms with Crippen LogP contribution in [0.1, 0.15) is 6.42 Å². The van der Waals surface area contributed by atoms with E-state index in [0.29, 0.717) is 52.8 Å². The van der Waals surface area contributed by atoms with Crippen LogP contribution in [0.4, 0.5) is 0 Å². The first-order valence-electron chi connectivity index (χ1n) is 6.30. The smallest absolute Gasteiger partial charge is 0.104 e. The average molecular weight is 265 g/mol. The molecule has 0 bridgehead atoms. The second-order valence-electron chi connectivity index (χ2n) is 3.77. The van der Waals surface area contributed by atoms with Crippen molar-refractivity contribution in [3.8, 4) is 0 Å². The molecule has 0 saturated carbocycles. The van der Waals surface area contributed by atoms with Crippen molar-refractivity contribution in [2.75, 3.05) is 67.0 Å². The van der Waals surface area contributed by atoms with Crippen molar-refractivity contribution >= 4 is 0 Å². The van der Waals surface area contributed by atoms with E-state index in [1.165, 1.54) is 0 Å². The fourth-order valence-electron chi connectivity index (χ4n) is 1.20. The van der Waals surface area contributed by atoms with Gasteiger partial charge in [0.15, 0.2) is 0 Å². The Morgan fingerprint density at radius 2 is 1.44 bits per heavy atom. The first-order chi connectivity index (χ1) is 8.85. The van der Waals surface area contributed by atoms with Crippen LogP contribution >= 0.6 is 0 Å². The van der Waals surface area contributed by atoms with Crippen LogP contribution in [0.15, 0.2) is 0 Å². The number of hydrogen-bond donors (Lipinski definition) is 1. The van der Waals surface area contributed by atoms with Crippen molar-refractivity contribution in [3.63, 3.8) is 0 Å². The number of ether oxygens (including phenoxy) is 5. The number of nitrogens with two attached hydrogens (primary N) is 1. The van der Waals surface area contributed by atoms with Gasteiger partial charge in [-0.25, -0.2) is 0 Å². The Hall–Kier alpha value is -0.240. The van der Waals surface area contributed by atoms with Crippen molar-refractivity contribution in [2.24, 2.45) is 5.73 Å². The first-order valence-corrected chi connectivity index (χ1v) is 6.30. The van der Waals surface area contributed by atoms with E-state index < -0.39 is 0 Å². The summed E-state index contributed by atoms with van der Waals surface area (Å²) < 4.78 is 26.3. The van der Waals surface area contributed by atoms with Crippen LogP contribution < -0.4 is 5.73 Å². The van der Waals surface area contributed by atoms with Gasteiger partial charge in [0.1, 0.15) is 6.10 Å². The molecule has 0 saturated heterocycles. The second-order valence-corrected chi connectivity index (χ2v) is 3.77. The normalized spacial score (nSPS) is 12.8. The second kappa shape index (κ2) is 14.8. The molecule has 0 aliphatic heterocycles. The molecule has 6 nitrogen and oxygen atoms in total. The molecular weight excluding hydrogens is 238 g/mol. The Kier molecular flexibility index (Phi) is 14.6. The molecule has 0 rings (SSSR count). The van der Waals surface area contributed by atoms with E-state index in [0.717, 1.165) is 6.42 Å². The largest absolute Gasteiger partial charge is 0.382 e. The lowest BCUT2D eigenvalue weighted by Crippen LogP contribution is -2.28. The van der Waals surface area contributed by atoms with Crippen molar-refractivity contribution in [1.29, 1.82) is 0 Å². The van der Waals surface area contributed by atoms with Crippen LogP contribution in [0.2, 0.25) is 0 Å². The molecule has 0 aliphatic carbocycles. The minimum Gasteiger partial charge on any atom is -0.382 e. The van der Waals surface area contributed by atoms with Gasteiger partial charge in [0, 0.05) is 20.8 Å². The molecule has 0 aliphatic rings. The van der Waals surface area contributed by atoms with E-state index in [-0.39, 0.29) is 6.10 Å². The summed E-state index contributed by atoms with van der Waals surface area (Å²) in [6.45, 7) is 4.54. The minimum absolute atomic E-state index is 0.0743. The predicted molar refractivity (Wildman–Crippen MR) is 68.8 cm³/mol. The molecule has 0 aromatic carbocycles. The molecule has 2 N–H and O–H groups in total. The maximum absolute atomic E-state index is 5.60. The lowest BCUT2D eigenvalue weighted by molar-refractivity contribution is -0.0743. The van der Waals surface area contributed by atoms with Gasteiger partial charge in [0.25, 0.3) is 0 Å². The Bertz CT molecular complexity index is 147. The Labute approximate surface area is 110 Å². The number of hydrogen-bond acceptors (Lipinski definition) is 6. The molecule has 0 amide bonds. The third-order valence-corrected chi connectivity index (χ3v) is 2.17. The summed E-state index contributed by atoms with van der Waals surface area (Å²) >= 11 is 0. The molecule has 1 unspecified atom stereocenters. The van der Waals surface area contributed by atoms with Crippen molar-refractivity contribution in [3.05, 3.63) is 0 Å². The van der Waals surface area contributed by atoms with Crippen LogP contribution in [0.25, 0.3) is 0 Å². The maximum atomic E-state index is 5.60. The van der Waals surface area contributed by atoms with Crippen molar-refractivity contribution in [2.45, 2.75) is 12.5 Å². The standard InChI is InChI=1S/C12H27NO5/c1-14-6-8-17-11-12(18-9-7-15-2)10-16-5-3-4-13/h12H,3-11,13H2,1-2H3. The van der Waals surface area contributed by atoms with Gasteiger partial charge in [-0.05, 0) is 13.0 Å². The minimum atomic E-state index is -0.0743. The number of methoxy groups -OCH3 is 2. The fraction of sp³-hybridized carbons (Fsp3) is 1.00. The maximum Gasteiger partial charge on any atom is 0.104 e. The average Bonchev–Trinajstić information content (AvgIpc) is 2.39. The van der Waals surface area contributed by atoms with Crippen molar-refractivity contribution < 1.29 is 23.7 Å². The lowest BCUT2D eigenvalue weighted by Gasteiger charge is -2.18. The van der Waals surface area contributed by atoms with Gasteiger partial charge in [-0.1, -0.05) is 0 Å². The summed E-state index contributed by atoms with van der Waals surface area (Å²) in [5.74, 6) is 0. The van der Waals surface area contributed by atoms with E-state index >= 15 is 0 Å². The summed E-state index contributed by atoms with van der Waals surface area (Å²) in [5, 5.41) is 0.